The molecule has 0 saturated heterocycles. The lowest BCUT2D eigenvalue weighted by atomic mass is 10.3. The molecule has 27 heavy (non-hydrogen) atoms. The van der Waals surface area contributed by atoms with Gasteiger partial charge < -0.3 is 0 Å². The van der Waals surface area contributed by atoms with Gasteiger partial charge in [0.2, 0.25) is 0 Å². The summed E-state index contributed by atoms with van der Waals surface area (Å²) in [5.74, 6) is 0. The smallest absolute Gasteiger partial charge is 0.271 e. The van der Waals surface area contributed by atoms with Crippen LogP contribution in [0.5, 0.6) is 0 Å². The van der Waals surface area contributed by atoms with Crippen LogP contribution in [0.25, 0.3) is 0 Å². The molecule has 6 nitrogen and oxygen atoms in total. The van der Waals surface area contributed by atoms with Gasteiger partial charge in [-0.15, -0.1) is 11.3 Å². The molecule has 0 spiro atoms. The monoisotopic (exact) mass is 506 g/mol. The molecule has 1 aromatic heterocycles. The highest BCUT2D eigenvalue weighted by Gasteiger charge is 2.18. The molecule has 0 aliphatic heterocycles. The van der Waals surface area contributed by atoms with E-state index in [-0.39, 0.29) is 14.8 Å². The zero-order valence-electron chi connectivity index (χ0n) is 13.4. The zero-order chi connectivity index (χ0) is 19.7. The lowest BCUT2D eigenvalue weighted by Crippen LogP contribution is -2.14. The van der Waals surface area contributed by atoms with Crippen molar-refractivity contribution >= 4 is 70.3 Å². The van der Waals surface area contributed by atoms with Crippen molar-refractivity contribution in [3.8, 4) is 0 Å². The second-order valence-electron chi connectivity index (χ2n) is 5.30. The molecule has 3 aromatic rings. The Morgan fingerprint density at radius 1 is 0.815 bits per heavy atom. The molecule has 0 unspecified atom stereocenters. The minimum Gasteiger partial charge on any atom is -0.280 e. The van der Waals surface area contributed by atoms with Crippen LogP contribution >= 0.6 is 38.9 Å². The maximum Gasteiger partial charge on any atom is 0.271 e. The number of benzene rings is 2. The lowest BCUT2D eigenvalue weighted by molar-refractivity contribution is 0.600. The first-order chi connectivity index (χ1) is 12.7. The molecule has 0 amide bonds. The number of thiophene rings is 1. The Labute approximate surface area is 174 Å². The van der Waals surface area contributed by atoms with Gasteiger partial charge in [0.1, 0.15) is 4.21 Å². The van der Waals surface area contributed by atoms with Gasteiger partial charge in [0.05, 0.1) is 14.4 Å². The molecule has 0 aliphatic carbocycles. The van der Waals surface area contributed by atoms with Crippen LogP contribution in [-0.4, -0.2) is 16.8 Å². The van der Waals surface area contributed by atoms with Crippen LogP contribution < -0.4 is 9.44 Å². The summed E-state index contributed by atoms with van der Waals surface area (Å²) in [7, 11) is -7.56. The molecule has 0 saturated carbocycles. The highest BCUT2D eigenvalue weighted by molar-refractivity contribution is 9.11. The average molecular weight is 508 g/mol. The van der Waals surface area contributed by atoms with Gasteiger partial charge in [-0.2, -0.15) is 0 Å². The Bertz CT molecular complexity index is 1180. The van der Waals surface area contributed by atoms with Crippen LogP contribution in [0.2, 0.25) is 5.02 Å². The minimum atomic E-state index is -3.83. The van der Waals surface area contributed by atoms with Gasteiger partial charge in [0.25, 0.3) is 20.0 Å². The summed E-state index contributed by atoms with van der Waals surface area (Å²) in [5.41, 5.74) is 0.580. The maximum absolute atomic E-state index is 12.4. The number of rotatable bonds is 6. The van der Waals surface area contributed by atoms with Crippen molar-refractivity contribution in [3.05, 3.63) is 69.5 Å². The standard InChI is InChI=1S/C16H12BrClN2O4S3/c17-15-8-9-16(25-15)27(23,24)19-12-4-6-14(7-5-12)26(21,22)20-13-3-1-2-11(18)10-13/h1-10,19-20H. The number of anilines is 2. The fraction of sp³-hybridized carbons (Fsp3) is 0. The van der Waals surface area contributed by atoms with Gasteiger partial charge in [0.15, 0.2) is 0 Å². The zero-order valence-corrected chi connectivity index (χ0v) is 18.2. The van der Waals surface area contributed by atoms with E-state index in [1.807, 2.05) is 0 Å². The fourth-order valence-electron chi connectivity index (χ4n) is 2.12. The third-order valence-electron chi connectivity index (χ3n) is 3.31. The largest absolute Gasteiger partial charge is 0.280 e. The highest BCUT2D eigenvalue weighted by Crippen LogP contribution is 2.28. The van der Waals surface area contributed by atoms with E-state index in [1.165, 1.54) is 36.4 Å². The summed E-state index contributed by atoms with van der Waals surface area (Å²) in [4.78, 5) is -0.00992. The number of sulfonamides is 2. The topological polar surface area (TPSA) is 92.3 Å². The van der Waals surface area contributed by atoms with Crippen molar-refractivity contribution in [2.75, 3.05) is 9.44 Å². The highest BCUT2D eigenvalue weighted by atomic mass is 79.9. The van der Waals surface area contributed by atoms with Crippen LogP contribution in [-0.2, 0) is 20.0 Å². The molecule has 0 fully saturated rings. The normalized spacial score (nSPS) is 11.9. The Hall–Kier alpha value is -1.59. The quantitative estimate of drug-likeness (QED) is 0.503. The lowest BCUT2D eigenvalue weighted by Gasteiger charge is -2.10. The summed E-state index contributed by atoms with van der Waals surface area (Å²) in [6.45, 7) is 0. The number of nitrogens with one attached hydrogen (secondary N) is 2. The first kappa shape index (κ1) is 20.2. The molecule has 11 heteroatoms. The Balaban J connectivity index is 1.78. The third kappa shape index (κ3) is 5.02. The molecule has 0 aliphatic rings. The summed E-state index contributed by atoms with van der Waals surface area (Å²) in [5, 5.41) is 0.403. The van der Waals surface area contributed by atoms with E-state index < -0.39 is 20.0 Å². The van der Waals surface area contributed by atoms with E-state index in [0.29, 0.717) is 14.5 Å². The van der Waals surface area contributed by atoms with E-state index in [0.717, 1.165) is 11.3 Å². The summed E-state index contributed by atoms with van der Waals surface area (Å²) in [6.07, 6.45) is 0. The van der Waals surface area contributed by atoms with Crippen molar-refractivity contribution in [1.82, 2.24) is 0 Å². The molecule has 142 valence electrons. The molecule has 2 aromatic carbocycles. The molecule has 0 radical (unpaired) electrons. The van der Waals surface area contributed by atoms with Crippen molar-refractivity contribution in [3.63, 3.8) is 0 Å². The van der Waals surface area contributed by atoms with E-state index >= 15 is 0 Å². The molecule has 1 heterocycles. The predicted octanol–water partition coefficient (Wildman–Crippen LogP) is 4.77. The SMILES string of the molecule is O=S(=O)(Nc1cccc(Cl)c1)c1ccc(NS(=O)(=O)c2ccc(Br)s2)cc1. The van der Waals surface area contributed by atoms with Crippen molar-refractivity contribution in [2.45, 2.75) is 9.10 Å². The minimum absolute atomic E-state index is 0.00992. The van der Waals surface area contributed by atoms with Crippen LogP contribution in [0.1, 0.15) is 0 Å². The maximum atomic E-state index is 12.4. The molecular weight excluding hydrogens is 496 g/mol. The van der Waals surface area contributed by atoms with Gasteiger partial charge in [-0.25, -0.2) is 16.8 Å². The second-order valence-corrected chi connectivity index (χ2v) is 11.8. The molecule has 3 rings (SSSR count). The fourth-order valence-corrected chi connectivity index (χ4v) is 6.42. The van der Waals surface area contributed by atoms with Gasteiger partial charge >= 0.3 is 0 Å². The number of halogens is 2. The van der Waals surface area contributed by atoms with Gasteiger partial charge in [-0.3, -0.25) is 9.44 Å². The molecule has 0 bridgehead atoms. The van der Waals surface area contributed by atoms with Crippen molar-refractivity contribution in [1.29, 1.82) is 0 Å². The van der Waals surface area contributed by atoms with Gasteiger partial charge in [0, 0.05) is 10.7 Å². The van der Waals surface area contributed by atoms with Crippen molar-refractivity contribution in [2.24, 2.45) is 0 Å². The second kappa shape index (κ2) is 7.80. The molecule has 0 atom stereocenters. The Kier molecular flexibility index (Phi) is 5.82. The van der Waals surface area contributed by atoms with Gasteiger partial charge in [-0.1, -0.05) is 17.7 Å². The summed E-state index contributed by atoms with van der Waals surface area (Å²) in [6, 6.07) is 14.8. The third-order valence-corrected chi connectivity index (χ3v) is 8.44. The van der Waals surface area contributed by atoms with Gasteiger partial charge in [-0.05, 0) is 70.5 Å². The molecule has 2 N–H and O–H groups in total. The van der Waals surface area contributed by atoms with E-state index in [1.54, 1.807) is 24.3 Å². The first-order valence-corrected chi connectivity index (χ1v) is 12.3. The first-order valence-electron chi connectivity index (χ1n) is 7.32. The van der Waals surface area contributed by atoms with Crippen molar-refractivity contribution < 1.29 is 16.8 Å². The average Bonchev–Trinajstić information content (AvgIpc) is 3.02. The predicted molar refractivity (Wildman–Crippen MR) is 112 cm³/mol. The number of hydrogen-bond acceptors (Lipinski definition) is 5. The Morgan fingerprint density at radius 2 is 1.48 bits per heavy atom. The van der Waals surface area contributed by atoms with E-state index in [9.17, 15) is 16.8 Å². The number of hydrogen-bond donors (Lipinski definition) is 2. The van der Waals surface area contributed by atoms with Crippen LogP contribution in [0, 0.1) is 0 Å². The molecular formula is C16H12BrClN2O4S3. The van der Waals surface area contributed by atoms with E-state index in [4.69, 9.17) is 11.6 Å². The van der Waals surface area contributed by atoms with Crippen LogP contribution in [0.4, 0.5) is 11.4 Å². The van der Waals surface area contributed by atoms with Crippen LogP contribution in [0.3, 0.4) is 0 Å². The Morgan fingerprint density at radius 3 is 2.07 bits per heavy atom. The summed E-state index contributed by atoms with van der Waals surface area (Å²) < 4.78 is 55.2. The summed E-state index contributed by atoms with van der Waals surface area (Å²) >= 11 is 10.1. The van der Waals surface area contributed by atoms with Crippen LogP contribution in [0.15, 0.2) is 73.6 Å². The van der Waals surface area contributed by atoms with E-state index in [2.05, 4.69) is 25.4 Å².